The van der Waals surface area contributed by atoms with E-state index in [1.165, 1.54) is 12.1 Å². The maximum atomic E-state index is 12.7. The zero-order valence-electron chi connectivity index (χ0n) is 7.37. The van der Waals surface area contributed by atoms with Crippen molar-refractivity contribution in [3.05, 3.63) is 24.3 Å². The SMILES string of the molecule is CC(F)(F)S(=O)(=O)c1ccc(N)cc1. The minimum absolute atomic E-state index is 0.323. The van der Waals surface area contributed by atoms with E-state index in [1.807, 2.05) is 0 Å². The minimum Gasteiger partial charge on any atom is -0.399 e. The Morgan fingerprint density at radius 2 is 1.64 bits per heavy atom. The summed E-state index contributed by atoms with van der Waals surface area (Å²) in [6.45, 7) is 0.346. The Labute approximate surface area is 80.5 Å². The number of nitrogens with two attached hydrogens (primary N) is 1. The summed E-state index contributed by atoms with van der Waals surface area (Å²) < 4.78 is 47.7. The summed E-state index contributed by atoms with van der Waals surface area (Å²) in [5, 5.41) is -3.77. The quantitative estimate of drug-likeness (QED) is 0.772. The second-order valence-corrected chi connectivity index (χ2v) is 5.08. The number of halogens is 2. The molecule has 0 heterocycles. The van der Waals surface area contributed by atoms with E-state index in [-0.39, 0.29) is 0 Å². The standard InChI is InChI=1S/C8H9F2NO2S/c1-8(9,10)14(12,13)7-4-2-6(11)3-5-7/h2-5H,11H2,1H3. The molecular weight excluding hydrogens is 212 g/mol. The summed E-state index contributed by atoms with van der Waals surface area (Å²) in [6, 6.07) is 4.64. The summed E-state index contributed by atoms with van der Waals surface area (Å²) in [5.74, 6) is 0. The summed E-state index contributed by atoms with van der Waals surface area (Å²) in [5.41, 5.74) is 5.62. The monoisotopic (exact) mass is 221 g/mol. The van der Waals surface area contributed by atoms with Gasteiger partial charge in [-0.1, -0.05) is 0 Å². The lowest BCUT2D eigenvalue weighted by atomic mass is 10.3. The first-order valence-electron chi connectivity index (χ1n) is 3.73. The molecule has 0 bridgehead atoms. The average molecular weight is 221 g/mol. The molecule has 0 spiro atoms. The van der Waals surface area contributed by atoms with Gasteiger partial charge in [-0.3, -0.25) is 0 Å². The molecule has 1 aromatic rings. The molecule has 1 aromatic carbocycles. The van der Waals surface area contributed by atoms with Crippen LogP contribution in [0.25, 0.3) is 0 Å². The molecule has 3 nitrogen and oxygen atoms in total. The largest absolute Gasteiger partial charge is 0.399 e. The first-order chi connectivity index (χ1) is 6.25. The molecule has 0 saturated heterocycles. The second-order valence-electron chi connectivity index (χ2n) is 2.88. The van der Waals surface area contributed by atoms with Gasteiger partial charge in [0, 0.05) is 12.6 Å². The number of hydrogen-bond donors (Lipinski definition) is 1. The van der Waals surface area contributed by atoms with Gasteiger partial charge in [-0.15, -0.1) is 0 Å². The molecule has 0 aliphatic heterocycles. The van der Waals surface area contributed by atoms with Crippen LogP contribution in [-0.4, -0.2) is 13.7 Å². The molecule has 0 fully saturated rings. The van der Waals surface area contributed by atoms with Crippen LogP contribution in [0.3, 0.4) is 0 Å². The molecule has 0 radical (unpaired) electrons. The maximum absolute atomic E-state index is 12.7. The third kappa shape index (κ3) is 1.84. The van der Waals surface area contributed by atoms with Gasteiger partial charge >= 0.3 is 5.25 Å². The van der Waals surface area contributed by atoms with Gasteiger partial charge in [0.1, 0.15) is 0 Å². The van der Waals surface area contributed by atoms with Gasteiger partial charge in [0.2, 0.25) is 9.84 Å². The van der Waals surface area contributed by atoms with E-state index >= 15 is 0 Å². The number of rotatable bonds is 2. The Bertz CT molecular complexity index is 420. The average Bonchev–Trinajstić information content (AvgIpc) is 2.03. The molecule has 0 unspecified atom stereocenters. The van der Waals surface area contributed by atoms with Crippen LogP contribution in [0.4, 0.5) is 14.5 Å². The summed E-state index contributed by atoms with van der Waals surface area (Å²) in [4.78, 5) is -0.431. The normalized spacial score (nSPS) is 12.8. The van der Waals surface area contributed by atoms with Crippen LogP contribution < -0.4 is 5.73 Å². The molecule has 0 aliphatic carbocycles. The number of benzene rings is 1. The molecular formula is C8H9F2NO2S. The van der Waals surface area contributed by atoms with Crippen LogP contribution in [0.15, 0.2) is 29.2 Å². The molecule has 0 aromatic heterocycles. The van der Waals surface area contributed by atoms with Gasteiger partial charge in [-0.05, 0) is 24.3 Å². The number of alkyl halides is 2. The fraction of sp³-hybridized carbons (Fsp3) is 0.250. The summed E-state index contributed by atoms with van der Waals surface area (Å²) in [7, 11) is -4.58. The van der Waals surface area contributed by atoms with Crippen molar-refractivity contribution in [2.75, 3.05) is 5.73 Å². The predicted molar refractivity (Wildman–Crippen MR) is 48.7 cm³/mol. The van der Waals surface area contributed by atoms with Crippen molar-refractivity contribution in [1.82, 2.24) is 0 Å². The first-order valence-corrected chi connectivity index (χ1v) is 5.21. The van der Waals surface area contributed by atoms with Crippen LogP contribution in [0.5, 0.6) is 0 Å². The van der Waals surface area contributed by atoms with Gasteiger partial charge in [-0.2, -0.15) is 8.78 Å². The number of hydrogen-bond acceptors (Lipinski definition) is 3. The van der Waals surface area contributed by atoms with Crippen LogP contribution in [-0.2, 0) is 9.84 Å². The minimum atomic E-state index is -4.58. The highest BCUT2D eigenvalue weighted by Crippen LogP contribution is 2.28. The van der Waals surface area contributed by atoms with Gasteiger partial charge in [0.05, 0.1) is 4.90 Å². The summed E-state index contributed by atoms with van der Waals surface area (Å²) >= 11 is 0. The Morgan fingerprint density at radius 3 is 2.00 bits per heavy atom. The number of sulfone groups is 1. The Kier molecular flexibility index (Phi) is 2.49. The van der Waals surface area contributed by atoms with E-state index in [1.54, 1.807) is 0 Å². The Hall–Kier alpha value is -1.17. The third-order valence-corrected chi connectivity index (χ3v) is 3.50. The van der Waals surface area contributed by atoms with Crippen molar-refractivity contribution < 1.29 is 17.2 Å². The lowest BCUT2D eigenvalue weighted by Gasteiger charge is -2.11. The smallest absolute Gasteiger partial charge is 0.347 e. The maximum Gasteiger partial charge on any atom is 0.347 e. The molecule has 0 atom stereocenters. The third-order valence-electron chi connectivity index (χ3n) is 1.66. The molecule has 78 valence electrons. The highest BCUT2D eigenvalue weighted by Gasteiger charge is 2.40. The lowest BCUT2D eigenvalue weighted by Crippen LogP contribution is -2.24. The van der Waals surface area contributed by atoms with Crippen molar-refractivity contribution in [3.8, 4) is 0 Å². The van der Waals surface area contributed by atoms with E-state index in [4.69, 9.17) is 5.73 Å². The Balaban J connectivity index is 3.25. The fourth-order valence-corrected chi connectivity index (χ4v) is 1.76. The predicted octanol–water partition coefficient (Wildman–Crippen LogP) is 1.66. The Morgan fingerprint density at radius 1 is 1.21 bits per heavy atom. The van der Waals surface area contributed by atoms with Crippen molar-refractivity contribution in [1.29, 1.82) is 0 Å². The molecule has 0 saturated carbocycles. The van der Waals surface area contributed by atoms with E-state index < -0.39 is 20.0 Å². The van der Waals surface area contributed by atoms with E-state index in [0.29, 0.717) is 12.6 Å². The van der Waals surface area contributed by atoms with Crippen LogP contribution in [0.2, 0.25) is 0 Å². The van der Waals surface area contributed by atoms with Crippen molar-refractivity contribution in [3.63, 3.8) is 0 Å². The number of nitrogen functional groups attached to an aromatic ring is 1. The zero-order chi connectivity index (χ0) is 11.0. The zero-order valence-corrected chi connectivity index (χ0v) is 8.18. The lowest BCUT2D eigenvalue weighted by molar-refractivity contribution is 0.114. The first kappa shape index (κ1) is 10.9. The van der Waals surface area contributed by atoms with Crippen LogP contribution >= 0.6 is 0 Å². The van der Waals surface area contributed by atoms with Gasteiger partial charge in [0.25, 0.3) is 0 Å². The highest BCUT2D eigenvalue weighted by molar-refractivity contribution is 7.92. The molecule has 0 aliphatic rings. The van der Waals surface area contributed by atoms with Gasteiger partial charge < -0.3 is 5.73 Å². The molecule has 14 heavy (non-hydrogen) atoms. The van der Waals surface area contributed by atoms with Crippen molar-refractivity contribution in [2.24, 2.45) is 0 Å². The van der Waals surface area contributed by atoms with Crippen molar-refractivity contribution >= 4 is 15.5 Å². The molecule has 2 N–H and O–H groups in total. The summed E-state index contributed by atoms with van der Waals surface area (Å²) in [6.07, 6.45) is 0. The number of anilines is 1. The van der Waals surface area contributed by atoms with Gasteiger partial charge in [-0.25, -0.2) is 8.42 Å². The molecule has 1 rings (SSSR count). The van der Waals surface area contributed by atoms with Crippen LogP contribution in [0.1, 0.15) is 6.92 Å². The van der Waals surface area contributed by atoms with Crippen LogP contribution in [0, 0.1) is 0 Å². The topological polar surface area (TPSA) is 60.2 Å². The van der Waals surface area contributed by atoms with E-state index in [2.05, 4.69) is 0 Å². The molecule has 6 heteroatoms. The second kappa shape index (κ2) is 3.20. The van der Waals surface area contributed by atoms with E-state index in [9.17, 15) is 17.2 Å². The van der Waals surface area contributed by atoms with E-state index in [0.717, 1.165) is 12.1 Å². The van der Waals surface area contributed by atoms with Gasteiger partial charge in [0.15, 0.2) is 0 Å². The highest BCUT2D eigenvalue weighted by atomic mass is 32.2. The van der Waals surface area contributed by atoms with Crippen molar-refractivity contribution in [2.45, 2.75) is 17.1 Å². The molecule has 0 amide bonds. The fourth-order valence-electron chi connectivity index (χ4n) is 0.854.